The van der Waals surface area contributed by atoms with Crippen LogP contribution in [-0.4, -0.2) is 21.1 Å². The van der Waals surface area contributed by atoms with E-state index in [1.165, 1.54) is 18.6 Å². The number of aromatic nitrogens is 3. The smallest absolute Gasteiger partial charge is 0.259 e. The molecule has 0 aliphatic heterocycles. The van der Waals surface area contributed by atoms with Gasteiger partial charge < -0.3 is 5.32 Å². The molecule has 5 nitrogen and oxygen atoms in total. The number of hydrogen-bond acceptors (Lipinski definition) is 3. The molecule has 0 unspecified atom stereocenters. The van der Waals surface area contributed by atoms with Crippen molar-refractivity contribution in [3.05, 3.63) is 41.3 Å². The van der Waals surface area contributed by atoms with Gasteiger partial charge in [0.2, 0.25) is 0 Å². The molecule has 0 aliphatic rings. The number of pyridine rings is 1. The van der Waals surface area contributed by atoms with Crippen molar-refractivity contribution in [2.24, 2.45) is 0 Å². The average Bonchev–Trinajstić information content (AvgIpc) is 2.74. The second-order valence-corrected chi connectivity index (χ2v) is 3.24. The van der Waals surface area contributed by atoms with Gasteiger partial charge in [-0.25, -0.2) is 4.98 Å². The van der Waals surface area contributed by atoms with E-state index in [0.717, 1.165) is 0 Å². The first-order valence-corrected chi connectivity index (χ1v) is 4.55. The van der Waals surface area contributed by atoms with E-state index in [9.17, 15) is 4.79 Å². The molecule has 2 N–H and O–H groups in total. The fourth-order valence-corrected chi connectivity index (χ4v) is 1.13. The minimum absolute atomic E-state index is 0.265. The van der Waals surface area contributed by atoms with Gasteiger partial charge in [0.05, 0.1) is 16.8 Å². The van der Waals surface area contributed by atoms with Crippen LogP contribution in [0.1, 0.15) is 10.4 Å². The van der Waals surface area contributed by atoms with Crippen molar-refractivity contribution in [1.29, 1.82) is 0 Å². The van der Waals surface area contributed by atoms with Crippen molar-refractivity contribution >= 4 is 23.3 Å². The third-order valence-corrected chi connectivity index (χ3v) is 1.95. The van der Waals surface area contributed by atoms with Gasteiger partial charge in [-0.2, -0.15) is 5.10 Å². The molecule has 2 aromatic heterocycles. The normalized spacial score (nSPS) is 9.93. The minimum atomic E-state index is -0.265. The van der Waals surface area contributed by atoms with E-state index in [0.29, 0.717) is 16.4 Å². The van der Waals surface area contributed by atoms with Crippen molar-refractivity contribution < 1.29 is 4.79 Å². The van der Waals surface area contributed by atoms with Crippen molar-refractivity contribution in [3.63, 3.8) is 0 Å². The average molecular weight is 223 g/mol. The summed E-state index contributed by atoms with van der Waals surface area (Å²) in [6.07, 6.45) is 4.41. The standard InChI is InChI=1S/C9H7ClN4O/c10-7-1-2-8(11-5-7)14-9(15)6-3-12-13-4-6/h1-5H,(H,12,13)(H,11,14,15). The quantitative estimate of drug-likeness (QED) is 0.813. The van der Waals surface area contributed by atoms with E-state index >= 15 is 0 Å². The Morgan fingerprint density at radius 2 is 2.27 bits per heavy atom. The summed E-state index contributed by atoms with van der Waals surface area (Å²) in [6, 6.07) is 3.28. The largest absolute Gasteiger partial charge is 0.306 e. The maximum Gasteiger partial charge on any atom is 0.259 e. The fourth-order valence-electron chi connectivity index (χ4n) is 1.01. The van der Waals surface area contributed by atoms with Crippen LogP contribution in [-0.2, 0) is 0 Å². The number of nitrogens with one attached hydrogen (secondary N) is 2. The lowest BCUT2D eigenvalue weighted by Gasteiger charge is -2.01. The second kappa shape index (κ2) is 4.10. The maximum atomic E-state index is 11.5. The summed E-state index contributed by atoms with van der Waals surface area (Å²) in [7, 11) is 0. The van der Waals surface area contributed by atoms with Crippen LogP contribution in [0.4, 0.5) is 5.82 Å². The van der Waals surface area contributed by atoms with E-state index in [1.54, 1.807) is 12.1 Å². The molecule has 15 heavy (non-hydrogen) atoms. The number of nitrogens with zero attached hydrogens (tertiary/aromatic N) is 2. The molecule has 6 heteroatoms. The zero-order valence-electron chi connectivity index (χ0n) is 7.57. The summed E-state index contributed by atoms with van der Waals surface area (Å²) in [5.74, 6) is 0.184. The molecule has 0 saturated carbocycles. The Hall–Kier alpha value is -1.88. The zero-order chi connectivity index (χ0) is 10.7. The molecular weight excluding hydrogens is 216 g/mol. The molecule has 0 saturated heterocycles. The lowest BCUT2D eigenvalue weighted by molar-refractivity contribution is 0.102. The Balaban J connectivity index is 2.09. The molecule has 0 atom stereocenters. The lowest BCUT2D eigenvalue weighted by Crippen LogP contribution is -2.11. The molecular formula is C9H7ClN4O. The number of H-pyrrole nitrogens is 1. The van der Waals surface area contributed by atoms with Crippen LogP contribution in [0, 0.1) is 0 Å². The topological polar surface area (TPSA) is 70.7 Å². The van der Waals surface area contributed by atoms with Crippen LogP contribution in [0.25, 0.3) is 0 Å². The highest BCUT2D eigenvalue weighted by Gasteiger charge is 2.06. The van der Waals surface area contributed by atoms with Crippen molar-refractivity contribution in [3.8, 4) is 0 Å². The maximum absolute atomic E-state index is 11.5. The first kappa shape index (κ1) is 9.67. The summed E-state index contributed by atoms with van der Waals surface area (Å²) >= 11 is 5.66. The summed E-state index contributed by atoms with van der Waals surface area (Å²) in [5, 5.41) is 9.35. The first-order chi connectivity index (χ1) is 7.25. The van der Waals surface area contributed by atoms with Crippen molar-refractivity contribution in [1.82, 2.24) is 15.2 Å². The number of rotatable bonds is 2. The van der Waals surface area contributed by atoms with Gasteiger partial charge in [-0.3, -0.25) is 9.89 Å². The highest BCUT2D eigenvalue weighted by Crippen LogP contribution is 2.10. The lowest BCUT2D eigenvalue weighted by atomic mass is 10.3. The highest BCUT2D eigenvalue weighted by atomic mass is 35.5. The Morgan fingerprint density at radius 3 is 2.87 bits per heavy atom. The van der Waals surface area contributed by atoms with Gasteiger partial charge in [-0.1, -0.05) is 11.6 Å². The second-order valence-electron chi connectivity index (χ2n) is 2.80. The molecule has 2 heterocycles. The van der Waals surface area contributed by atoms with Gasteiger partial charge in [0.25, 0.3) is 5.91 Å². The number of hydrogen-bond donors (Lipinski definition) is 2. The molecule has 2 aromatic rings. The van der Waals surface area contributed by atoms with Gasteiger partial charge in [0, 0.05) is 12.4 Å². The van der Waals surface area contributed by atoms with E-state index < -0.39 is 0 Å². The Kier molecular flexibility index (Phi) is 2.64. The summed E-state index contributed by atoms with van der Waals surface area (Å²) < 4.78 is 0. The van der Waals surface area contributed by atoms with Gasteiger partial charge in [-0.05, 0) is 12.1 Å². The van der Waals surface area contributed by atoms with Crippen LogP contribution in [0.5, 0.6) is 0 Å². The fraction of sp³-hybridized carbons (Fsp3) is 0. The minimum Gasteiger partial charge on any atom is -0.306 e. The molecule has 0 bridgehead atoms. The van der Waals surface area contributed by atoms with E-state index in [2.05, 4.69) is 20.5 Å². The van der Waals surface area contributed by atoms with Crippen molar-refractivity contribution in [2.45, 2.75) is 0 Å². The summed E-state index contributed by atoms with van der Waals surface area (Å²) in [6.45, 7) is 0. The van der Waals surface area contributed by atoms with Crippen LogP contribution < -0.4 is 5.32 Å². The third kappa shape index (κ3) is 2.32. The van der Waals surface area contributed by atoms with Gasteiger partial charge in [0.15, 0.2) is 0 Å². The van der Waals surface area contributed by atoms with Crippen molar-refractivity contribution in [2.75, 3.05) is 5.32 Å². The van der Waals surface area contributed by atoms with E-state index in [-0.39, 0.29) is 5.91 Å². The predicted molar refractivity (Wildman–Crippen MR) is 55.8 cm³/mol. The van der Waals surface area contributed by atoms with Crippen LogP contribution in [0.15, 0.2) is 30.7 Å². The van der Waals surface area contributed by atoms with Crippen LogP contribution in [0.3, 0.4) is 0 Å². The number of halogens is 1. The number of carbonyl (C=O) groups is 1. The molecule has 76 valence electrons. The van der Waals surface area contributed by atoms with E-state index in [4.69, 9.17) is 11.6 Å². The monoisotopic (exact) mass is 222 g/mol. The van der Waals surface area contributed by atoms with Gasteiger partial charge in [-0.15, -0.1) is 0 Å². The summed E-state index contributed by atoms with van der Waals surface area (Å²) in [4.78, 5) is 15.4. The SMILES string of the molecule is O=C(Nc1ccc(Cl)cn1)c1cn[nH]c1. The number of amides is 1. The van der Waals surface area contributed by atoms with Crippen LogP contribution in [0.2, 0.25) is 5.02 Å². The zero-order valence-corrected chi connectivity index (χ0v) is 8.32. The molecule has 0 radical (unpaired) electrons. The Labute approximate surface area is 90.5 Å². The Bertz CT molecular complexity index is 451. The molecule has 0 spiro atoms. The van der Waals surface area contributed by atoms with Gasteiger partial charge >= 0.3 is 0 Å². The highest BCUT2D eigenvalue weighted by molar-refractivity contribution is 6.30. The number of anilines is 1. The molecule has 0 aliphatic carbocycles. The van der Waals surface area contributed by atoms with Gasteiger partial charge in [0.1, 0.15) is 5.82 Å². The molecule has 0 aromatic carbocycles. The first-order valence-electron chi connectivity index (χ1n) is 4.17. The van der Waals surface area contributed by atoms with E-state index in [1.807, 2.05) is 0 Å². The van der Waals surface area contributed by atoms with Crippen LogP contribution >= 0.6 is 11.6 Å². The Morgan fingerprint density at radius 1 is 1.40 bits per heavy atom. The summed E-state index contributed by atoms with van der Waals surface area (Å²) in [5.41, 5.74) is 0.451. The predicted octanol–water partition coefficient (Wildman–Crippen LogP) is 1.71. The number of carbonyl (C=O) groups excluding carboxylic acids is 1. The molecule has 2 rings (SSSR count). The number of aromatic amines is 1. The molecule has 1 amide bonds. The molecule has 0 fully saturated rings. The third-order valence-electron chi connectivity index (χ3n) is 1.73.